The van der Waals surface area contributed by atoms with Crippen molar-refractivity contribution < 1.29 is 23.4 Å². The van der Waals surface area contributed by atoms with Crippen molar-refractivity contribution in [2.75, 3.05) is 57.1 Å². The average molecular weight is 515 g/mol. The maximum atomic E-state index is 14.2. The predicted octanol–water partition coefficient (Wildman–Crippen LogP) is 4.30. The highest BCUT2D eigenvalue weighted by Gasteiger charge is 2.33. The summed E-state index contributed by atoms with van der Waals surface area (Å²) in [5.74, 6) is 0.654. The highest BCUT2D eigenvalue weighted by molar-refractivity contribution is 6.35. The van der Waals surface area contributed by atoms with Crippen LogP contribution in [-0.4, -0.2) is 57.3 Å². The number of hydrogen-bond acceptors (Lipinski definition) is 7. The molecule has 38 heavy (non-hydrogen) atoms. The zero-order chi connectivity index (χ0) is 26.6. The fourth-order valence-electron chi connectivity index (χ4n) is 4.61. The van der Waals surface area contributed by atoms with Crippen LogP contribution in [0.5, 0.6) is 17.2 Å². The van der Waals surface area contributed by atoms with Gasteiger partial charge in [-0.15, -0.1) is 0 Å². The van der Waals surface area contributed by atoms with Crippen LogP contribution in [0.2, 0.25) is 0 Å². The van der Waals surface area contributed by atoms with Crippen LogP contribution in [0.1, 0.15) is 16.7 Å². The van der Waals surface area contributed by atoms with Gasteiger partial charge in [0.05, 0.1) is 43.3 Å². The number of fused-ring (bicyclic) bond motifs is 1. The van der Waals surface area contributed by atoms with E-state index in [2.05, 4.69) is 4.90 Å². The minimum Gasteiger partial charge on any atom is -0.493 e. The Bertz CT molecular complexity index is 1440. The van der Waals surface area contributed by atoms with Gasteiger partial charge in [0.15, 0.2) is 17.2 Å². The van der Waals surface area contributed by atoms with Crippen LogP contribution in [0.15, 0.2) is 54.6 Å². The fraction of sp³-hybridized carbons (Fsp3) is 0.241. The Morgan fingerprint density at radius 3 is 2.58 bits per heavy atom. The van der Waals surface area contributed by atoms with Crippen LogP contribution >= 0.6 is 0 Å². The van der Waals surface area contributed by atoms with Crippen molar-refractivity contribution in [2.24, 2.45) is 0 Å². The Balaban J connectivity index is 1.42. The molecule has 2 N–H and O–H groups in total. The average Bonchev–Trinajstić information content (AvgIpc) is 3.19. The lowest BCUT2D eigenvalue weighted by Gasteiger charge is -2.28. The summed E-state index contributed by atoms with van der Waals surface area (Å²) in [7, 11) is 1.51. The molecule has 5 rings (SSSR count). The van der Waals surface area contributed by atoms with Gasteiger partial charge in [0.1, 0.15) is 5.82 Å². The normalized spacial score (nSPS) is 16.4. The number of nitrogens with zero attached hydrogens (tertiary/aromatic N) is 3. The molecule has 1 saturated heterocycles. The minimum atomic E-state index is -0.404. The molecule has 3 aromatic carbocycles. The Kier molecular flexibility index (Phi) is 7.26. The SMILES string of the molecule is COc1cc(C=C2C(=O)N(CCN3CCOCC3)c3ccc(F)cc32)ccc1Oc1ccc(C#N)cc1N. The first-order valence-electron chi connectivity index (χ1n) is 12.3. The van der Waals surface area contributed by atoms with Gasteiger partial charge in [0.25, 0.3) is 5.91 Å². The summed E-state index contributed by atoms with van der Waals surface area (Å²) in [6.45, 7) is 4.21. The van der Waals surface area contributed by atoms with Gasteiger partial charge in [-0.3, -0.25) is 9.69 Å². The molecule has 1 fully saturated rings. The second kappa shape index (κ2) is 10.9. The van der Waals surface area contributed by atoms with Crippen LogP contribution in [0.25, 0.3) is 11.6 Å². The topological polar surface area (TPSA) is 101 Å². The number of nitrogens with two attached hydrogens (primary N) is 1. The number of hydrogen-bond donors (Lipinski definition) is 1. The molecule has 2 aliphatic rings. The third-order valence-electron chi connectivity index (χ3n) is 6.62. The number of morpholine rings is 1. The first-order chi connectivity index (χ1) is 18.5. The summed E-state index contributed by atoms with van der Waals surface area (Å²) in [5.41, 5.74) is 9.13. The molecular formula is C29H27FN4O4. The number of halogens is 1. The number of ether oxygens (including phenoxy) is 3. The van der Waals surface area contributed by atoms with Gasteiger partial charge in [-0.25, -0.2) is 4.39 Å². The van der Waals surface area contributed by atoms with E-state index in [4.69, 9.17) is 25.2 Å². The highest BCUT2D eigenvalue weighted by Crippen LogP contribution is 2.40. The summed E-state index contributed by atoms with van der Waals surface area (Å²) in [5, 5.41) is 9.05. The van der Waals surface area contributed by atoms with E-state index in [-0.39, 0.29) is 5.91 Å². The molecule has 0 aromatic heterocycles. The van der Waals surface area contributed by atoms with Gasteiger partial charge < -0.3 is 24.8 Å². The molecule has 0 spiro atoms. The number of benzene rings is 3. The molecule has 0 radical (unpaired) electrons. The van der Waals surface area contributed by atoms with Crippen molar-refractivity contribution in [3.8, 4) is 23.3 Å². The van der Waals surface area contributed by atoms with Gasteiger partial charge in [-0.2, -0.15) is 5.26 Å². The van der Waals surface area contributed by atoms with Crippen molar-refractivity contribution in [2.45, 2.75) is 0 Å². The lowest BCUT2D eigenvalue weighted by atomic mass is 10.0. The maximum Gasteiger partial charge on any atom is 0.259 e. The van der Waals surface area contributed by atoms with Crippen LogP contribution in [0.3, 0.4) is 0 Å². The molecule has 0 aliphatic carbocycles. The number of nitriles is 1. The smallest absolute Gasteiger partial charge is 0.259 e. The van der Waals surface area contributed by atoms with E-state index in [9.17, 15) is 9.18 Å². The van der Waals surface area contributed by atoms with E-state index in [0.717, 1.165) is 13.1 Å². The van der Waals surface area contributed by atoms with Crippen LogP contribution < -0.4 is 20.1 Å². The first kappa shape index (κ1) is 25.3. The van der Waals surface area contributed by atoms with E-state index < -0.39 is 5.82 Å². The van der Waals surface area contributed by atoms with Crippen LogP contribution in [-0.2, 0) is 9.53 Å². The van der Waals surface area contributed by atoms with Gasteiger partial charge in [0, 0.05) is 37.3 Å². The van der Waals surface area contributed by atoms with Crippen molar-refractivity contribution in [1.29, 1.82) is 5.26 Å². The largest absolute Gasteiger partial charge is 0.493 e. The molecule has 9 heteroatoms. The Labute approximate surface area is 220 Å². The lowest BCUT2D eigenvalue weighted by molar-refractivity contribution is -0.113. The summed E-state index contributed by atoms with van der Waals surface area (Å²) in [6.07, 6.45) is 1.73. The monoisotopic (exact) mass is 514 g/mol. The number of nitrogen functional groups attached to an aromatic ring is 1. The zero-order valence-electron chi connectivity index (χ0n) is 20.9. The van der Waals surface area contributed by atoms with Gasteiger partial charge in [-0.1, -0.05) is 6.07 Å². The molecule has 0 saturated carbocycles. The summed E-state index contributed by atoms with van der Waals surface area (Å²) in [4.78, 5) is 17.5. The van der Waals surface area contributed by atoms with Crippen LogP contribution in [0.4, 0.5) is 15.8 Å². The predicted molar refractivity (Wildman–Crippen MR) is 143 cm³/mol. The highest BCUT2D eigenvalue weighted by atomic mass is 19.1. The number of amides is 1. The van der Waals surface area contributed by atoms with Crippen molar-refractivity contribution >= 4 is 28.9 Å². The summed E-state index contributed by atoms with van der Waals surface area (Å²) < 4.78 is 31.1. The molecule has 194 valence electrons. The zero-order valence-corrected chi connectivity index (χ0v) is 20.9. The molecule has 0 bridgehead atoms. The Morgan fingerprint density at radius 2 is 1.84 bits per heavy atom. The lowest BCUT2D eigenvalue weighted by Crippen LogP contribution is -2.42. The Hall–Kier alpha value is -4.39. The Morgan fingerprint density at radius 1 is 1.05 bits per heavy atom. The molecular weight excluding hydrogens is 487 g/mol. The number of anilines is 2. The molecule has 2 aliphatic heterocycles. The second-order valence-electron chi connectivity index (χ2n) is 9.01. The standard InChI is InChI=1S/C29H27FN4O4/c1-36-28-16-19(2-7-27(28)38-26-6-3-20(18-31)15-24(26)32)14-23-22-17-21(30)4-5-25(22)34(29(23)35)9-8-33-10-12-37-13-11-33/h2-7,14-17H,8-13,32H2,1H3. The van der Waals surface area contributed by atoms with Gasteiger partial charge >= 0.3 is 0 Å². The molecule has 0 unspecified atom stereocenters. The number of rotatable bonds is 7. The van der Waals surface area contributed by atoms with E-state index in [1.165, 1.54) is 25.3 Å². The number of carbonyl (C=O) groups is 1. The molecule has 1 amide bonds. The van der Waals surface area contributed by atoms with E-state index in [1.807, 2.05) is 6.07 Å². The van der Waals surface area contributed by atoms with Crippen molar-refractivity contribution in [3.63, 3.8) is 0 Å². The number of carbonyl (C=O) groups excluding carboxylic acids is 1. The third-order valence-corrected chi connectivity index (χ3v) is 6.62. The molecule has 8 nitrogen and oxygen atoms in total. The summed E-state index contributed by atoms with van der Waals surface area (Å²) in [6, 6.07) is 16.5. The first-order valence-corrected chi connectivity index (χ1v) is 12.3. The summed E-state index contributed by atoms with van der Waals surface area (Å²) >= 11 is 0. The number of methoxy groups -OCH3 is 1. The molecule has 3 aromatic rings. The van der Waals surface area contributed by atoms with Gasteiger partial charge in [0.2, 0.25) is 0 Å². The van der Waals surface area contributed by atoms with Crippen molar-refractivity contribution in [3.05, 3.63) is 77.1 Å². The fourth-order valence-corrected chi connectivity index (χ4v) is 4.61. The van der Waals surface area contributed by atoms with Crippen molar-refractivity contribution in [1.82, 2.24) is 4.90 Å². The van der Waals surface area contributed by atoms with E-state index in [1.54, 1.807) is 47.4 Å². The van der Waals surface area contributed by atoms with Gasteiger partial charge in [-0.05, 0) is 60.2 Å². The molecule has 0 atom stereocenters. The van der Waals surface area contributed by atoms with Crippen LogP contribution in [0, 0.1) is 17.1 Å². The molecule has 2 heterocycles. The van der Waals surface area contributed by atoms with E-state index >= 15 is 0 Å². The maximum absolute atomic E-state index is 14.2. The quantitative estimate of drug-likeness (QED) is 0.371. The van der Waals surface area contributed by atoms with E-state index in [0.29, 0.717) is 77.2 Å². The minimum absolute atomic E-state index is 0.177. The third kappa shape index (κ3) is 5.18. The second-order valence-corrected chi connectivity index (χ2v) is 9.01.